The fraction of sp³-hybridized carbons (Fsp3) is 0.368. The minimum atomic E-state index is -4.86. The standard InChI is InChI=1S/C19H21F3N4O6S/c1-30-17-7-2-13(12-23-17)24-18(27)25-32-15-8-10-26(11-9-15)33(28,29)16-5-3-14(4-6-16)31-19(20,21)22/h2-7,12,15H,8-11H2,1H3,(H2,24,25,27). The van der Waals surface area contributed by atoms with Gasteiger partial charge in [-0.2, -0.15) is 4.31 Å². The number of alkyl halides is 3. The summed E-state index contributed by atoms with van der Waals surface area (Å²) in [5.74, 6) is -0.118. The summed E-state index contributed by atoms with van der Waals surface area (Å²) in [6.07, 6.45) is -3.27. The number of hydrogen-bond acceptors (Lipinski definition) is 7. The normalized spacial score (nSPS) is 15.6. The number of sulfonamides is 1. The van der Waals surface area contributed by atoms with Gasteiger partial charge in [0.15, 0.2) is 0 Å². The third-order valence-electron chi connectivity index (χ3n) is 4.62. The molecule has 0 aliphatic carbocycles. The molecule has 2 N–H and O–H groups in total. The average Bonchev–Trinajstić information content (AvgIpc) is 2.78. The summed E-state index contributed by atoms with van der Waals surface area (Å²) in [4.78, 5) is 21.1. The quantitative estimate of drug-likeness (QED) is 0.573. The van der Waals surface area contributed by atoms with E-state index in [0.717, 1.165) is 24.3 Å². The summed E-state index contributed by atoms with van der Waals surface area (Å²) in [5.41, 5.74) is 2.68. The zero-order valence-corrected chi connectivity index (χ0v) is 18.1. The molecule has 0 radical (unpaired) electrons. The Morgan fingerprint density at radius 1 is 1.12 bits per heavy atom. The van der Waals surface area contributed by atoms with Crippen molar-refractivity contribution in [3.05, 3.63) is 42.6 Å². The number of nitrogens with zero attached hydrogens (tertiary/aromatic N) is 2. The fourth-order valence-corrected chi connectivity index (χ4v) is 4.49. The predicted molar refractivity (Wildman–Crippen MR) is 109 cm³/mol. The number of aromatic nitrogens is 1. The molecule has 10 nitrogen and oxygen atoms in total. The van der Waals surface area contributed by atoms with Crippen LogP contribution < -0.4 is 20.3 Å². The van der Waals surface area contributed by atoms with E-state index in [2.05, 4.69) is 20.5 Å². The molecule has 0 spiro atoms. The highest BCUT2D eigenvalue weighted by Crippen LogP contribution is 2.26. The number of carbonyl (C=O) groups is 1. The van der Waals surface area contributed by atoms with E-state index >= 15 is 0 Å². The minimum absolute atomic E-state index is 0.111. The number of hydroxylamine groups is 1. The second-order valence-corrected chi connectivity index (χ2v) is 8.82. The molecule has 2 amide bonds. The molecular weight excluding hydrogens is 469 g/mol. The van der Waals surface area contributed by atoms with Crippen LogP contribution in [0, 0.1) is 0 Å². The average molecular weight is 490 g/mol. The highest BCUT2D eigenvalue weighted by Gasteiger charge is 2.32. The lowest BCUT2D eigenvalue weighted by Crippen LogP contribution is -2.43. The van der Waals surface area contributed by atoms with E-state index in [0.29, 0.717) is 24.4 Å². The number of hydrogen-bond donors (Lipinski definition) is 2. The van der Waals surface area contributed by atoms with Crippen molar-refractivity contribution < 1.29 is 40.7 Å². The third kappa shape index (κ3) is 6.94. The molecule has 2 heterocycles. The number of pyridine rings is 1. The predicted octanol–water partition coefficient (Wildman–Crippen LogP) is 2.90. The molecule has 14 heteroatoms. The Balaban J connectivity index is 1.47. The molecule has 0 atom stereocenters. The van der Waals surface area contributed by atoms with Gasteiger partial charge in [-0.1, -0.05) is 0 Å². The van der Waals surface area contributed by atoms with Crippen molar-refractivity contribution in [1.29, 1.82) is 0 Å². The second kappa shape index (κ2) is 10.2. The van der Waals surface area contributed by atoms with Gasteiger partial charge in [-0.3, -0.25) is 4.84 Å². The maximum atomic E-state index is 12.7. The van der Waals surface area contributed by atoms with Crippen molar-refractivity contribution in [3.8, 4) is 11.6 Å². The summed E-state index contributed by atoms with van der Waals surface area (Å²) < 4.78 is 72.1. The van der Waals surface area contributed by atoms with E-state index in [1.165, 1.54) is 17.6 Å². The van der Waals surface area contributed by atoms with Gasteiger partial charge in [-0.25, -0.2) is 23.7 Å². The van der Waals surface area contributed by atoms with Crippen molar-refractivity contribution in [2.45, 2.75) is 30.2 Å². The molecule has 1 aromatic carbocycles. The molecule has 1 aliphatic heterocycles. The van der Waals surface area contributed by atoms with Crippen LogP contribution in [0.5, 0.6) is 11.6 Å². The van der Waals surface area contributed by atoms with E-state index in [9.17, 15) is 26.4 Å². The van der Waals surface area contributed by atoms with Gasteiger partial charge in [-0.05, 0) is 43.2 Å². The minimum Gasteiger partial charge on any atom is -0.481 e. The van der Waals surface area contributed by atoms with Gasteiger partial charge in [0, 0.05) is 19.2 Å². The third-order valence-corrected chi connectivity index (χ3v) is 6.53. The molecule has 1 saturated heterocycles. The number of carbonyl (C=O) groups excluding carboxylic acids is 1. The Morgan fingerprint density at radius 2 is 1.79 bits per heavy atom. The molecule has 33 heavy (non-hydrogen) atoms. The molecule has 1 aliphatic rings. The Labute approximate surface area is 187 Å². The summed E-state index contributed by atoms with van der Waals surface area (Å²) in [6.45, 7) is 0.221. The monoisotopic (exact) mass is 490 g/mol. The lowest BCUT2D eigenvalue weighted by Gasteiger charge is -2.30. The Bertz CT molecular complexity index is 1040. The van der Waals surface area contributed by atoms with Gasteiger partial charge in [0.2, 0.25) is 15.9 Å². The first-order valence-corrected chi connectivity index (χ1v) is 11.1. The van der Waals surface area contributed by atoms with Gasteiger partial charge >= 0.3 is 12.4 Å². The van der Waals surface area contributed by atoms with Gasteiger partial charge < -0.3 is 14.8 Å². The SMILES string of the molecule is COc1ccc(NC(=O)NOC2CCN(S(=O)(=O)c3ccc(OC(F)(F)F)cc3)CC2)cn1. The second-order valence-electron chi connectivity index (χ2n) is 6.89. The molecule has 180 valence electrons. The van der Waals surface area contributed by atoms with E-state index < -0.39 is 34.3 Å². The molecule has 0 unspecified atom stereocenters. The molecule has 1 fully saturated rings. The van der Waals surface area contributed by atoms with Crippen LogP contribution in [0.2, 0.25) is 0 Å². The van der Waals surface area contributed by atoms with E-state index in [1.54, 1.807) is 12.1 Å². The van der Waals surface area contributed by atoms with Crippen LogP contribution in [-0.2, 0) is 14.9 Å². The van der Waals surface area contributed by atoms with Crippen LogP contribution in [0.1, 0.15) is 12.8 Å². The van der Waals surface area contributed by atoms with Crippen LogP contribution in [-0.4, -0.2) is 56.4 Å². The van der Waals surface area contributed by atoms with Crippen LogP contribution in [0.4, 0.5) is 23.7 Å². The number of nitrogens with one attached hydrogen (secondary N) is 2. The zero-order valence-electron chi connectivity index (χ0n) is 17.3. The smallest absolute Gasteiger partial charge is 0.481 e. The van der Waals surface area contributed by atoms with Crippen molar-refractivity contribution in [3.63, 3.8) is 0 Å². The molecule has 1 aromatic heterocycles. The van der Waals surface area contributed by atoms with Crippen molar-refractivity contribution in [1.82, 2.24) is 14.8 Å². The van der Waals surface area contributed by atoms with Crippen molar-refractivity contribution in [2.75, 3.05) is 25.5 Å². The number of urea groups is 1. The molecule has 3 rings (SSSR count). The number of benzene rings is 1. The van der Waals surface area contributed by atoms with Gasteiger partial charge in [0.05, 0.1) is 30.0 Å². The van der Waals surface area contributed by atoms with Crippen LogP contribution in [0.25, 0.3) is 0 Å². The first-order chi connectivity index (χ1) is 15.6. The largest absolute Gasteiger partial charge is 0.573 e. The van der Waals surface area contributed by atoms with Crippen LogP contribution in [0.3, 0.4) is 0 Å². The molecule has 0 saturated carbocycles. The van der Waals surface area contributed by atoms with Crippen LogP contribution >= 0.6 is 0 Å². The summed E-state index contributed by atoms with van der Waals surface area (Å²) in [6, 6.07) is 6.53. The number of methoxy groups -OCH3 is 1. The molecule has 0 bridgehead atoms. The topological polar surface area (TPSA) is 119 Å². The maximum Gasteiger partial charge on any atom is 0.573 e. The lowest BCUT2D eigenvalue weighted by molar-refractivity contribution is -0.274. The Morgan fingerprint density at radius 3 is 2.33 bits per heavy atom. The Hall–Kier alpha value is -3.10. The highest BCUT2D eigenvalue weighted by molar-refractivity contribution is 7.89. The number of anilines is 1. The van der Waals surface area contributed by atoms with Gasteiger partial charge in [0.25, 0.3) is 0 Å². The zero-order chi connectivity index (χ0) is 24.1. The molecular formula is C19H21F3N4O6S. The molecule has 2 aromatic rings. The van der Waals surface area contributed by atoms with E-state index in [1.807, 2.05) is 0 Å². The number of piperidine rings is 1. The number of amides is 2. The Kier molecular flexibility index (Phi) is 7.61. The fourth-order valence-electron chi connectivity index (χ4n) is 3.02. The number of ether oxygens (including phenoxy) is 2. The van der Waals surface area contributed by atoms with E-state index in [-0.39, 0.29) is 18.0 Å². The van der Waals surface area contributed by atoms with Gasteiger partial charge in [-0.15, -0.1) is 13.2 Å². The highest BCUT2D eigenvalue weighted by atomic mass is 32.2. The summed E-state index contributed by atoms with van der Waals surface area (Å²) >= 11 is 0. The van der Waals surface area contributed by atoms with Gasteiger partial charge in [0.1, 0.15) is 5.75 Å². The first-order valence-electron chi connectivity index (χ1n) is 9.65. The first kappa shape index (κ1) is 24.5. The summed E-state index contributed by atoms with van der Waals surface area (Å²) in [5, 5.41) is 2.53. The number of halogens is 3. The van der Waals surface area contributed by atoms with Crippen LogP contribution in [0.15, 0.2) is 47.5 Å². The summed E-state index contributed by atoms with van der Waals surface area (Å²) in [7, 11) is -2.43. The van der Waals surface area contributed by atoms with E-state index in [4.69, 9.17) is 9.57 Å². The maximum absolute atomic E-state index is 12.7. The lowest BCUT2D eigenvalue weighted by atomic mass is 10.1. The number of rotatable bonds is 7. The van der Waals surface area contributed by atoms with Crippen molar-refractivity contribution >= 4 is 21.7 Å². The van der Waals surface area contributed by atoms with Crippen molar-refractivity contribution in [2.24, 2.45) is 0 Å².